The van der Waals surface area contributed by atoms with Crippen LogP contribution in [-0.4, -0.2) is 51.5 Å². The topological polar surface area (TPSA) is 79.8 Å². The van der Waals surface area contributed by atoms with Crippen LogP contribution in [0.1, 0.15) is 32.6 Å². The van der Waals surface area contributed by atoms with Crippen molar-refractivity contribution in [3.8, 4) is 0 Å². The highest BCUT2D eigenvalue weighted by Crippen LogP contribution is 2.34. The van der Waals surface area contributed by atoms with Crippen LogP contribution in [0.5, 0.6) is 0 Å². The molecule has 0 aliphatic carbocycles. The van der Waals surface area contributed by atoms with Crippen LogP contribution in [0.2, 0.25) is 0 Å². The lowest BCUT2D eigenvalue weighted by atomic mass is 9.96. The Kier molecular flexibility index (Phi) is 8.15. The largest absolute Gasteiger partial charge is 0.373 e. The quantitative estimate of drug-likeness (QED) is 0.264. The molecule has 2 heterocycles. The van der Waals surface area contributed by atoms with Gasteiger partial charge in [-0.3, -0.25) is 4.99 Å². The van der Waals surface area contributed by atoms with E-state index in [1.54, 1.807) is 24.3 Å². The van der Waals surface area contributed by atoms with Gasteiger partial charge in [-0.2, -0.15) is 0 Å². The number of nitrogens with one attached hydrogen (secondary N) is 2. The zero-order valence-corrected chi connectivity index (χ0v) is 18.2. The Bertz CT molecular complexity index is 697. The van der Waals surface area contributed by atoms with Gasteiger partial charge in [0.25, 0.3) is 0 Å². The number of fused-ring (bicyclic) bond motifs is 2. The molecule has 8 heteroatoms. The summed E-state index contributed by atoms with van der Waals surface area (Å²) in [7, 11) is -3.23. The molecule has 2 fully saturated rings. The summed E-state index contributed by atoms with van der Waals surface area (Å²) < 4.78 is 30.4. The molecule has 2 N–H and O–H groups in total. The fourth-order valence-corrected chi connectivity index (χ4v) is 4.79. The maximum absolute atomic E-state index is 12.3. The number of hydrogen-bond acceptors (Lipinski definition) is 4. The Hall–Kier alpha value is -0.870. The molecule has 0 spiro atoms. The molecular formula is C18H28IN3O3S. The lowest BCUT2D eigenvalue weighted by molar-refractivity contribution is 0.0992. The zero-order valence-electron chi connectivity index (χ0n) is 15.1. The van der Waals surface area contributed by atoms with Crippen LogP contribution in [0.4, 0.5) is 0 Å². The number of hydrogen-bond donors (Lipinski definition) is 2. The zero-order chi connectivity index (χ0) is 17.7. The predicted molar refractivity (Wildman–Crippen MR) is 114 cm³/mol. The number of benzene rings is 1. The summed E-state index contributed by atoms with van der Waals surface area (Å²) in [5.74, 6) is 0.859. The third kappa shape index (κ3) is 5.56. The lowest BCUT2D eigenvalue weighted by Gasteiger charge is -2.22. The van der Waals surface area contributed by atoms with Crippen LogP contribution in [0.25, 0.3) is 0 Å². The summed E-state index contributed by atoms with van der Waals surface area (Å²) in [5, 5.41) is 6.67. The Morgan fingerprint density at radius 1 is 1.27 bits per heavy atom. The highest BCUT2D eigenvalue weighted by Gasteiger charge is 2.41. The highest BCUT2D eigenvalue weighted by molar-refractivity contribution is 14.0. The van der Waals surface area contributed by atoms with Gasteiger partial charge >= 0.3 is 0 Å². The van der Waals surface area contributed by atoms with Crippen LogP contribution >= 0.6 is 24.0 Å². The van der Waals surface area contributed by atoms with Gasteiger partial charge in [-0.05, 0) is 44.7 Å². The Balaban J connectivity index is 0.00000243. The molecule has 2 saturated heterocycles. The first kappa shape index (κ1) is 21.4. The number of halogens is 1. The molecule has 2 aliphatic heterocycles. The van der Waals surface area contributed by atoms with Crippen molar-refractivity contribution in [1.29, 1.82) is 0 Å². The smallest absolute Gasteiger partial charge is 0.191 e. The molecular weight excluding hydrogens is 465 g/mol. The number of nitrogens with zero attached hydrogens (tertiary/aromatic N) is 1. The number of ether oxygens (including phenoxy) is 1. The predicted octanol–water partition coefficient (Wildman–Crippen LogP) is 2.34. The first-order chi connectivity index (χ1) is 12.1. The van der Waals surface area contributed by atoms with Gasteiger partial charge in [0.2, 0.25) is 0 Å². The van der Waals surface area contributed by atoms with E-state index in [9.17, 15) is 8.42 Å². The molecule has 3 atom stereocenters. The molecule has 3 rings (SSSR count). The average molecular weight is 493 g/mol. The molecule has 3 unspecified atom stereocenters. The minimum absolute atomic E-state index is 0. The minimum Gasteiger partial charge on any atom is -0.373 e. The van der Waals surface area contributed by atoms with E-state index in [0.29, 0.717) is 30.0 Å². The second-order valence-corrected chi connectivity index (χ2v) is 8.72. The highest BCUT2D eigenvalue weighted by atomic mass is 127. The maximum Gasteiger partial charge on any atom is 0.191 e. The molecule has 2 aliphatic rings. The first-order valence-electron chi connectivity index (χ1n) is 9.06. The van der Waals surface area contributed by atoms with E-state index < -0.39 is 9.84 Å². The lowest BCUT2D eigenvalue weighted by Crippen LogP contribution is -2.47. The average Bonchev–Trinajstić information content (AvgIpc) is 3.22. The van der Waals surface area contributed by atoms with Crippen LogP contribution in [0.3, 0.4) is 0 Å². The van der Waals surface area contributed by atoms with Gasteiger partial charge in [0.1, 0.15) is 0 Å². The Morgan fingerprint density at radius 2 is 2.04 bits per heavy atom. The Morgan fingerprint density at radius 3 is 2.65 bits per heavy atom. The molecule has 0 radical (unpaired) electrons. The van der Waals surface area contributed by atoms with Gasteiger partial charge in [0.15, 0.2) is 15.8 Å². The van der Waals surface area contributed by atoms with Gasteiger partial charge in [-0.25, -0.2) is 8.42 Å². The first-order valence-corrected chi connectivity index (χ1v) is 10.7. The maximum atomic E-state index is 12.3. The molecule has 6 nitrogen and oxygen atoms in total. The van der Waals surface area contributed by atoms with Crippen LogP contribution in [0, 0.1) is 0 Å². The van der Waals surface area contributed by atoms with Crippen molar-refractivity contribution in [1.82, 2.24) is 10.6 Å². The minimum atomic E-state index is -3.23. The van der Waals surface area contributed by atoms with Crippen molar-refractivity contribution in [2.24, 2.45) is 4.99 Å². The fourth-order valence-electron chi connectivity index (χ4n) is 3.48. The molecule has 0 saturated carbocycles. The van der Waals surface area contributed by atoms with Gasteiger partial charge in [0.05, 0.1) is 28.9 Å². The standard InChI is InChI=1S/C18H27N3O3S.HI/c1-2-19-18(21-16-13-14-9-10-17(16)24-14)20-11-6-12-25(22,23)15-7-4-3-5-8-15;/h3-5,7-8,14,16-17H,2,6,9-13H2,1H3,(H2,19,20,21);1H. The summed E-state index contributed by atoms with van der Waals surface area (Å²) in [6, 6.07) is 8.89. The van der Waals surface area contributed by atoms with Gasteiger partial charge in [-0.15, -0.1) is 24.0 Å². The van der Waals surface area contributed by atoms with Crippen molar-refractivity contribution in [3.05, 3.63) is 30.3 Å². The van der Waals surface area contributed by atoms with Gasteiger partial charge in [0, 0.05) is 13.1 Å². The summed E-state index contributed by atoms with van der Waals surface area (Å²) >= 11 is 0. The summed E-state index contributed by atoms with van der Waals surface area (Å²) in [6.45, 7) is 3.27. The van der Waals surface area contributed by atoms with Gasteiger partial charge < -0.3 is 15.4 Å². The van der Waals surface area contributed by atoms with E-state index in [4.69, 9.17) is 4.74 Å². The Labute approximate surface area is 173 Å². The van der Waals surface area contributed by atoms with Crippen molar-refractivity contribution in [2.45, 2.75) is 55.8 Å². The van der Waals surface area contributed by atoms with Crippen LogP contribution in [-0.2, 0) is 14.6 Å². The summed E-state index contributed by atoms with van der Waals surface area (Å²) in [5.41, 5.74) is 0. The van der Waals surface area contributed by atoms with Crippen LogP contribution < -0.4 is 10.6 Å². The van der Waals surface area contributed by atoms with Crippen molar-refractivity contribution >= 4 is 39.8 Å². The third-order valence-electron chi connectivity index (χ3n) is 4.72. The van der Waals surface area contributed by atoms with E-state index in [1.807, 2.05) is 13.0 Å². The van der Waals surface area contributed by atoms with Crippen molar-refractivity contribution in [2.75, 3.05) is 18.8 Å². The third-order valence-corrected chi connectivity index (χ3v) is 6.53. The molecule has 0 aromatic heterocycles. The molecule has 2 bridgehead atoms. The molecule has 26 heavy (non-hydrogen) atoms. The normalized spacial score (nSPS) is 25.0. The van der Waals surface area contributed by atoms with Crippen molar-refractivity contribution < 1.29 is 13.2 Å². The van der Waals surface area contributed by atoms with E-state index in [-0.39, 0.29) is 35.8 Å². The summed E-state index contributed by atoms with van der Waals surface area (Å²) in [6.07, 6.45) is 4.47. The molecule has 0 amide bonds. The number of aliphatic imine (C=N–C) groups is 1. The fraction of sp³-hybridized carbons (Fsp3) is 0.611. The monoisotopic (exact) mass is 493 g/mol. The van der Waals surface area contributed by atoms with E-state index in [1.165, 1.54) is 0 Å². The van der Waals surface area contributed by atoms with E-state index in [0.717, 1.165) is 31.8 Å². The molecule has 1 aromatic carbocycles. The van der Waals surface area contributed by atoms with E-state index in [2.05, 4.69) is 15.6 Å². The molecule has 146 valence electrons. The second-order valence-electron chi connectivity index (χ2n) is 6.61. The summed E-state index contributed by atoms with van der Waals surface area (Å²) in [4.78, 5) is 4.91. The van der Waals surface area contributed by atoms with E-state index >= 15 is 0 Å². The van der Waals surface area contributed by atoms with Gasteiger partial charge in [-0.1, -0.05) is 18.2 Å². The van der Waals surface area contributed by atoms with Crippen LogP contribution in [0.15, 0.2) is 40.2 Å². The number of guanidine groups is 1. The molecule has 1 aromatic rings. The number of sulfone groups is 1. The SMILES string of the molecule is CCNC(=NCCCS(=O)(=O)c1ccccc1)NC1CC2CCC1O2.I. The number of rotatable bonds is 7. The van der Waals surface area contributed by atoms with Crippen molar-refractivity contribution in [3.63, 3.8) is 0 Å². The second kappa shape index (κ2) is 9.89.